The second-order valence-electron chi connectivity index (χ2n) is 2.93. The molecule has 1 aromatic heterocycles. The Labute approximate surface area is 85.6 Å². The quantitative estimate of drug-likeness (QED) is 0.493. The van der Waals surface area contributed by atoms with Crippen molar-refractivity contribution in [3.63, 3.8) is 0 Å². The van der Waals surface area contributed by atoms with Gasteiger partial charge >= 0.3 is 0 Å². The smallest absolute Gasteiger partial charge is 0.0599 e. The first-order valence-corrected chi connectivity index (χ1v) is 4.71. The molecule has 0 aliphatic rings. The first-order chi connectivity index (χ1) is 6.11. The molecule has 3 nitrogen and oxygen atoms in total. The van der Waals surface area contributed by atoms with E-state index in [1.54, 1.807) is 6.92 Å². The molecule has 70 valence electrons. The summed E-state index contributed by atoms with van der Waals surface area (Å²) in [7, 11) is 0. The summed E-state index contributed by atoms with van der Waals surface area (Å²) < 4.78 is 1.00. The number of nitrogens with zero attached hydrogens (tertiary/aromatic N) is 2. The fourth-order valence-electron chi connectivity index (χ4n) is 1.08. The van der Waals surface area contributed by atoms with Crippen LogP contribution in [0.5, 0.6) is 0 Å². The van der Waals surface area contributed by atoms with E-state index in [2.05, 4.69) is 26.1 Å². The van der Waals surface area contributed by atoms with Gasteiger partial charge in [-0.25, -0.2) is 0 Å². The largest absolute Gasteiger partial charge is 0.411 e. The molecule has 1 rings (SSSR count). The molecule has 0 aliphatic carbocycles. The van der Waals surface area contributed by atoms with Crippen molar-refractivity contribution in [1.29, 1.82) is 0 Å². The zero-order chi connectivity index (χ0) is 9.84. The third-order valence-corrected chi connectivity index (χ3v) is 2.04. The maximum atomic E-state index is 8.48. The first kappa shape index (κ1) is 10.2. The summed E-state index contributed by atoms with van der Waals surface area (Å²) >= 11 is 3.38. The number of hydrogen-bond donors (Lipinski definition) is 1. The van der Waals surface area contributed by atoms with Crippen LogP contribution in [0, 0.1) is 6.92 Å². The molecule has 0 unspecified atom stereocenters. The lowest BCUT2D eigenvalue weighted by Crippen LogP contribution is -2.00. The van der Waals surface area contributed by atoms with Gasteiger partial charge < -0.3 is 5.21 Å². The Morgan fingerprint density at radius 2 is 2.31 bits per heavy atom. The summed E-state index contributed by atoms with van der Waals surface area (Å²) in [5.41, 5.74) is 2.52. The number of pyridine rings is 1. The minimum Gasteiger partial charge on any atom is -0.411 e. The summed E-state index contributed by atoms with van der Waals surface area (Å²) in [5, 5.41) is 11.6. The number of aromatic nitrogens is 1. The van der Waals surface area contributed by atoms with Gasteiger partial charge in [0.2, 0.25) is 0 Å². The summed E-state index contributed by atoms with van der Waals surface area (Å²) in [6, 6.07) is 3.86. The van der Waals surface area contributed by atoms with Crippen LogP contribution in [0.2, 0.25) is 0 Å². The van der Waals surface area contributed by atoms with Crippen LogP contribution >= 0.6 is 15.9 Å². The monoisotopic (exact) mass is 242 g/mol. The normalized spacial score (nSPS) is 11.8. The molecule has 13 heavy (non-hydrogen) atoms. The number of hydrogen-bond acceptors (Lipinski definition) is 3. The Bertz CT molecular complexity index is 316. The number of rotatable bonds is 2. The molecule has 1 aromatic rings. The molecular weight excluding hydrogens is 232 g/mol. The third-order valence-electron chi connectivity index (χ3n) is 1.58. The van der Waals surface area contributed by atoms with E-state index in [0.717, 1.165) is 15.9 Å². The Morgan fingerprint density at radius 3 is 2.85 bits per heavy atom. The lowest BCUT2D eigenvalue weighted by Gasteiger charge is -2.01. The Morgan fingerprint density at radius 1 is 1.62 bits per heavy atom. The number of oxime groups is 1. The van der Waals surface area contributed by atoms with E-state index < -0.39 is 0 Å². The SMILES string of the molecule is C/C(Cc1cc(Br)cc(C)n1)=N\O. The Balaban J connectivity index is 2.89. The van der Waals surface area contributed by atoms with E-state index in [1.165, 1.54) is 0 Å². The van der Waals surface area contributed by atoms with Crippen LogP contribution in [0.25, 0.3) is 0 Å². The van der Waals surface area contributed by atoms with Gasteiger partial charge in [0, 0.05) is 22.3 Å². The molecule has 1 N–H and O–H groups in total. The molecule has 0 saturated carbocycles. The van der Waals surface area contributed by atoms with Crippen molar-refractivity contribution >= 4 is 21.6 Å². The van der Waals surface area contributed by atoms with E-state index in [9.17, 15) is 0 Å². The fourth-order valence-corrected chi connectivity index (χ4v) is 1.68. The summed E-state index contributed by atoms with van der Waals surface area (Å²) in [6.45, 7) is 3.69. The van der Waals surface area contributed by atoms with Crippen LogP contribution in [0.1, 0.15) is 18.3 Å². The fraction of sp³-hybridized carbons (Fsp3) is 0.333. The van der Waals surface area contributed by atoms with Gasteiger partial charge in [0.05, 0.1) is 5.71 Å². The van der Waals surface area contributed by atoms with E-state index in [4.69, 9.17) is 5.21 Å². The highest BCUT2D eigenvalue weighted by atomic mass is 79.9. The van der Waals surface area contributed by atoms with Crippen LogP contribution in [0.3, 0.4) is 0 Å². The predicted octanol–water partition coefficient (Wildman–Crippen LogP) is 2.55. The maximum Gasteiger partial charge on any atom is 0.0599 e. The Kier molecular flexibility index (Phi) is 3.42. The summed E-state index contributed by atoms with van der Waals surface area (Å²) in [6.07, 6.45) is 0.580. The van der Waals surface area contributed by atoms with Crippen LogP contribution in [-0.2, 0) is 6.42 Å². The Hall–Kier alpha value is -0.900. The zero-order valence-corrected chi connectivity index (χ0v) is 9.17. The van der Waals surface area contributed by atoms with E-state index in [-0.39, 0.29) is 0 Å². The molecule has 0 amide bonds. The van der Waals surface area contributed by atoms with Crippen LogP contribution < -0.4 is 0 Å². The summed E-state index contributed by atoms with van der Waals surface area (Å²) in [4.78, 5) is 4.30. The molecular formula is C9H11BrN2O. The van der Waals surface area contributed by atoms with Crippen LogP contribution in [-0.4, -0.2) is 15.9 Å². The van der Waals surface area contributed by atoms with E-state index >= 15 is 0 Å². The minimum atomic E-state index is 0.580. The number of halogens is 1. The average Bonchev–Trinajstić information content (AvgIpc) is 2.02. The lowest BCUT2D eigenvalue weighted by atomic mass is 10.2. The van der Waals surface area contributed by atoms with Crippen molar-refractivity contribution in [1.82, 2.24) is 4.98 Å². The zero-order valence-electron chi connectivity index (χ0n) is 7.58. The molecule has 0 spiro atoms. The molecule has 0 aliphatic heterocycles. The molecule has 0 atom stereocenters. The van der Waals surface area contributed by atoms with Crippen molar-refractivity contribution in [3.05, 3.63) is 28.0 Å². The molecule has 0 aromatic carbocycles. The molecule has 0 fully saturated rings. The van der Waals surface area contributed by atoms with Crippen LogP contribution in [0.15, 0.2) is 21.8 Å². The second-order valence-corrected chi connectivity index (χ2v) is 3.85. The molecule has 1 heterocycles. The molecule has 0 saturated heterocycles. The van der Waals surface area contributed by atoms with Crippen molar-refractivity contribution in [2.45, 2.75) is 20.3 Å². The topological polar surface area (TPSA) is 45.5 Å². The van der Waals surface area contributed by atoms with Gasteiger partial charge in [-0.1, -0.05) is 21.1 Å². The standard InChI is InChI=1S/C9H11BrN2O/c1-6-3-8(10)5-9(11-6)4-7(2)12-13/h3,5,13H,4H2,1-2H3/b12-7+. The van der Waals surface area contributed by atoms with Crippen molar-refractivity contribution in [2.75, 3.05) is 0 Å². The summed E-state index contributed by atoms with van der Waals surface area (Å²) in [5.74, 6) is 0. The van der Waals surface area contributed by atoms with Crippen molar-refractivity contribution in [2.24, 2.45) is 5.16 Å². The van der Waals surface area contributed by atoms with Gasteiger partial charge in [0.25, 0.3) is 0 Å². The van der Waals surface area contributed by atoms with Gasteiger partial charge in [-0.15, -0.1) is 0 Å². The van der Waals surface area contributed by atoms with Crippen molar-refractivity contribution < 1.29 is 5.21 Å². The third kappa shape index (κ3) is 3.14. The average molecular weight is 243 g/mol. The highest BCUT2D eigenvalue weighted by Gasteiger charge is 2.00. The predicted molar refractivity (Wildman–Crippen MR) is 55.3 cm³/mol. The van der Waals surface area contributed by atoms with Gasteiger partial charge in [0.15, 0.2) is 0 Å². The van der Waals surface area contributed by atoms with Crippen molar-refractivity contribution in [3.8, 4) is 0 Å². The minimum absolute atomic E-state index is 0.580. The first-order valence-electron chi connectivity index (χ1n) is 3.92. The number of aryl methyl sites for hydroxylation is 1. The highest BCUT2D eigenvalue weighted by molar-refractivity contribution is 9.10. The second kappa shape index (κ2) is 4.37. The van der Waals surface area contributed by atoms with Gasteiger partial charge in [-0.05, 0) is 26.0 Å². The maximum absolute atomic E-state index is 8.48. The lowest BCUT2D eigenvalue weighted by molar-refractivity contribution is 0.317. The van der Waals surface area contributed by atoms with Crippen LogP contribution in [0.4, 0.5) is 0 Å². The molecule has 0 radical (unpaired) electrons. The molecule has 0 bridgehead atoms. The molecule has 4 heteroatoms. The van der Waals surface area contributed by atoms with Gasteiger partial charge in [0.1, 0.15) is 0 Å². The van der Waals surface area contributed by atoms with E-state index in [0.29, 0.717) is 12.1 Å². The van der Waals surface area contributed by atoms with Gasteiger partial charge in [-0.2, -0.15) is 0 Å². The van der Waals surface area contributed by atoms with Gasteiger partial charge in [-0.3, -0.25) is 4.98 Å². The highest BCUT2D eigenvalue weighted by Crippen LogP contribution is 2.12. The van der Waals surface area contributed by atoms with E-state index in [1.807, 2.05) is 19.1 Å².